The highest BCUT2D eigenvalue weighted by molar-refractivity contribution is 8.00. The summed E-state index contributed by atoms with van der Waals surface area (Å²) in [5.41, 5.74) is 0.887. The summed E-state index contributed by atoms with van der Waals surface area (Å²) >= 11 is 3.11. The molecule has 1 heterocycles. The third kappa shape index (κ3) is 2.36. The Morgan fingerprint density at radius 2 is 2.33 bits per heavy atom. The summed E-state index contributed by atoms with van der Waals surface area (Å²) in [4.78, 5) is 14.1. The van der Waals surface area contributed by atoms with Gasteiger partial charge in [0.25, 0.3) is 0 Å². The fraction of sp³-hybridized carbons (Fsp3) is 0.571. The zero-order valence-electron chi connectivity index (χ0n) is 7.29. The van der Waals surface area contributed by atoms with E-state index in [1.807, 2.05) is 20.1 Å². The second kappa shape index (κ2) is 4.69. The van der Waals surface area contributed by atoms with Crippen molar-refractivity contribution in [2.24, 2.45) is 0 Å². The van der Waals surface area contributed by atoms with Gasteiger partial charge in [-0.2, -0.15) is 4.89 Å². The van der Waals surface area contributed by atoms with E-state index in [1.54, 1.807) is 11.8 Å². The highest BCUT2D eigenvalue weighted by Crippen LogP contribution is 2.31. The van der Waals surface area contributed by atoms with Crippen LogP contribution in [0.25, 0.3) is 0 Å². The third-order valence-corrected chi connectivity index (χ3v) is 3.17. The summed E-state index contributed by atoms with van der Waals surface area (Å²) in [7, 11) is 0. The summed E-state index contributed by atoms with van der Waals surface area (Å²) in [6.45, 7) is 4.34. The molecule has 0 aliphatic carbocycles. The van der Waals surface area contributed by atoms with Gasteiger partial charge in [0.2, 0.25) is 5.06 Å². The van der Waals surface area contributed by atoms with Gasteiger partial charge in [-0.05, 0) is 20.1 Å². The van der Waals surface area contributed by atoms with Crippen LogP contribution < -0.4 is 4.89 Å². The largest absolute Gasteiger partial charge is 0.324 e. The van der Waals surface area contributed by atoms with Crippen LogP contribution in [-0.4, -0.2) is 17.8 Å². The van der Waals surface area contributed by atoms with Crippen molar-refractivity contribution >= 4 is 23.1 Å². The van der Waals surface area contributed by atoms with Crippen molar-refractivity contribution in [3.05, 3.63) is 5.69 Å². The molecule has 1 rings (SSSR count). The Balaban J connectivity index is 2.64. The Kier molecular flexibility index (Phi) is 3.84. The summed E-state index contributed by atoms with van der Waals surface area (Å²) in [6.07, 6.45) is 1.99. The quantitative estimate of drug-likeness (QED) is 0.429. The number of hydrogen-bond donors (Lipinski definition) is 0. The monoisotopic (exact) mass is 205 g/mol. The molecule has 0 aromatic carbocycles. The maximum atomic E-state index is 5.01. The van der Waals surface area contributed by atoms with Crippen LogP contribution in [0.2, 0.25) is 0 Å². The molecule has 0 aliphatic heterocycles. The number of rotatable bonds is 4. The fourth-order valence-electron chi connectivity index (χ4n) is 0.636. The van der Waals surface area contributed by atoms with Crippen LogP contribution in [0, 0.1) is 6.92 Å². The average Bonchev–Trinajstić information content (AvgIpc) is 2.43. The number of thiazole rings is 1. The Bertz CT molecular complexity index is 250. The van der Waals surface area contributed by atoms with Crippen molar-refractivity contribution in [2.45, 2.75) is 18.2 Å². The molecular formula is C7H11NO2S2. The molecule has 0 aliphatic rings. The molecule has 0 unspecified atom stereocenters. The first-order valence-corrected chi connectivity index (χ1v) is 5.63. The Morgan fingerprint density at radius 1 is 1.58 bits per heavy atom. The van der Waals surface area contributed by atoms with Crippen molar-refractivity contribution in [2.75, 3.05) is 12.9 Å². The molecule has 0 fully saturated rings. The van der Waals surface area contributed by atoms with E-state index in [0.29, 0.717) is 6.61 Å². The van der Waals surface area contributed by atoms with E-state index < -0.39 is 0 Å². The molecule has 1 aromatic heterocycles. The molecule has 0 amide bonds. The van der Waals surface area contributed by atoms with Gasteiger partial charge >= 0.3 is 0 Å². The molecular weight excluding hydrogens is 194 g/mol. The topological polar surface area (TPSA) is 31.4 Å². The number of thioether (sulfide) groups is 1. The van der Waals surface area contributed by atoms with Gasteiger partial charge in [0, 0.05) is 0 Å². The van der Waals surface area contributed by atoms with Crippen molar-refractivity contribution in [1.82, 2.24) is 4.98 Å². The van der Waals surface area contributed by atoms with Gasteiger partial charge in [-0.15, -0.1) is 0 Å². The van der Waals surface area contributed by atoms with Crippen LogP contribution in [-0.2, 0) is 4.89 Å². The Morgan fingerprint density at radius 3 is 2.83 bits per heavy atom. The summed E-state index contributed by atoms with van der Waals surface area (Å²) < 4.78 is 1.00. The summed E-state index contributed by atoms with van der Waals surface area (Å²) in [5, 5.41) is 0.751. The van der Waals surface area contributed by atoms with Gasteiger partial charge in [0.15, 0.2) is 4.34 Å². The van der Waals surface area contributed by atoms with Gasteiger partial charge < -0.3 is 4.89 Å². The maximum Gasteiger partial charge on any atom is 0.242 e. The molecule has 68 valence electrons. The predicted octanol–water partition coefficient (Wildman–Crippen LogP) is 2.50. The van der Waals surface area contributed by atoms with E-state index in [2.05, 4.69) is 4.98 Å². The van der Waals surface area contributed by atoms with Crippen LogP contribution in [0.5, 0.6) is 5.06 Å². The molecule has 0 saturated carbocycles. The van der Waals surface area contributed by atoms with Crippen molar-refractivity contribution in [1.29, 1.82) is 0 Å². The molecule has 12 heavy (non-hydrogen) atoms. The van der Waals surface area contributed by atoms with Crippen molar-refractivity contribution in [3.8, 4) is 5.06 Å². The minimum atomic E-state index is 0.548. The lowest BCUT2D eigenvalue weighted by Gasteiger charge is -1.97. The Hall–Kier alpha value is -0.260. The molecule has 1 aromatic rings. The standard InChI is InChI=1S/C7H11NO2S2/c1-4-9-10-6-5(2)8-7(11-3)12-6/h4H2,1-3H3. The number of nitrogens with zero attached hydrogens (tertiary/aromatic N) is 1. The lowest BCUT2D eigenvalue weighted by Crippen LogP contribution is -1.94. The zero-order chi connectivity index (χ0) is 8.97. The molecule has 0 saturated heterocycles. The first-order chi connectivity index (χ1) is 5.77. The van der Waals surface area contributed by atoms with E-state index in [9.17, 15) is 0 Å². The van der Waals surface area contributed by atoms with Gasteiger partial charge in [-0.3, -0.25) is 0 Å². The second-order valence-corrected chi connectivity index (χ2v) is 4.06. The molecule has 0 bridgehead atoms. The minimum absolute atomic E-state index is 0.548. The highest BCUT2D eigenvalue weighted by atomic mass is 32.2. The summed E-state index contributed by atoms with van der Waals surface area (Å²) in [6, 6.07) is 0. The SMILES string of the molecule is CCOOc1sc(SC)nc1C. The smallest absolute Gasteiger partial charge is 0.242 e. The van der Waals surface area contributed by atoms with Crippen LogP contribution in [0.3, 0.4) is 0 Å². The van der Waals surface area contributed by atoms with Gasteiger partial charge in [-0.1, -0.05) is 23.1 Å². The van der Waals surface area contributed by atoms with E-state index in [0.717, 1.165) is 15.1 Å². The van der Waals surface area contributed by atoms with Crippen molar-refractivity contribution < 1.29 is 9.78 Å². The zero-order valence-corrected chi connectivity index (χ0v) is 8.92. The molecule has 0 atom stereocenters. The molecule has 3 nitrogen and oxygen atoms in total. The molecule has 0 radical (unpaired) electrons. The van der Waals surface area contributed by atoms with Gasteiger partial charge in [0.1, 0.15) is 0 Å². The van der Waals surface area contributed by atoms with Crippen LogP contribution in [0.15, 0.2) is 4.34 Å². The Labute approximate surface area is 80.0 Å². The lowest BCUT2D eigenvalue weighted by atomic mass is 10.6. The van der Waals surface area contributed by atoms with Crippen LogP contribution in [0.4, 0.5) is 0 Å². The minimum Gasteiger partial charge on any atom is -0.324 e. The summed E-state index contributed by atoms with van der Waals surface area (Å²) in [5.74, 6) is 0. The number of aryl methyl sites for hydroxylation is 1. The van der Waals surface area contributed by atoms with Crippen molar-refractivity contribution in [3.63, 3.8) is 0 Å². The van der Waals surface area contributed by atoms with Gasteiger partial charge in [0.05, 0.1) is 12.3 Å². The second-order valence-electron chi connectivity index (χ2n) is 2.05. The highest BCUT2D eigenvalue weighted by Gasteiger charge is 2.08. The maximum absolute atomic E-state index is 5.01. The van der Waals surface area contributed by atoms with Gasteiger partial charge in [-0.25, -0.2) is 4.98 Å². The number of aromatic nitrogens is 1. The molecule has 5 heteroatoms. The fourth-order valence-corrected chi connectivity index (χ4v) is 2.04. The van der Waals surface area contributed by atoms with Crippen LogP contribution >= 0.6 is 23.1 Å². The normalized spacial score (nSPS) is 10.2. The van der Waals surface area contributed by atoms with E-state index in [1.165, 1.54) is 11.3 Å². The number of hydrogen-bond acceptors (Lipinski definition) is 5. The van der Waals surface area contributed by atoms with E-state index >= 15 is 0 Å². The lowest BCUT2D eigenvalue weighted by molar-refractivity contribution is -0.199. The first kappa shape index (κ1) is 9.83. The third-order valence-electron chi connectivity index (χ3n) is 1.16. The average molecular weight is 205 g/mol. The molecule has 0 spiro atoms. The van der Waals surface area contributed by atoms with Crippen LogP contribution in [0.1, 0.15) is 12.6 Å². The predicted molar refractivity (Wildman–Crippen MR) is 50.9 cm³/mol. The van der Waals surface area contributed by atoms with E-state index in [-0.39, 0.29) is 0 Å². The first-order valence-electron chi connectivity index (χ1n) is 3.58. The van der Waals surface area contributed by atoms with E-state index in [4.69, 9.17) is 9.78 Å². The molecule has 0 N–H and O–H groups in total.